The first-order valence-corrected chi connectivity index (χ1v) is 11.7. The number of aliphatic hydroxyl groups excluding tert-OH is 1. The molecule has 3 aromatic rings. The summed E-state index contributed by atoms with van der Waals surface area (Å²) in [5.74, 6) is -1.59. The zero-order chi connectivity index (χ0) is 26.7. The maximum atomic E-state index is 13.3. The molecule has 3 aromatic carbocycles. The van der Waals surface area contributed by atoms with Crippen LogP contribution in [0.4, 0.5) is 5.69 Å². The van der Waals surface area contributed by atoms with Crippen LogP contribution in [-0.4, -0.2) is 43.6 Å². The number of ether oxygens (including phenoxy) is 3. The van der Waals surface area contributed by atoms with Gasteiger partial charge in [-0.3, -0.25) is 14.5 Å². The number of hydrogen-bond donors (Lipinski definition) is 1. The van der Waals surface area contributed by atoms with Crippen molar-refractivity contribution >= 4 is 40.7 Å². The smallest absolute Gasteiger partial charge is 0.338 e. The monoisotopic (exact) mass is 521 g/mol. The van der Waals surface area contributed by atoms with Crippen LogP contribution in [0.1, 0.15) is 34.5 Å². The predicted octanol–water partition coefficient (Wildman–Crippen LogP) is 5.16. The Bertz CT molecular complexity index is 1380. The van der Waals surface area contributed by atoms with Crippen LogP contribution >= 0.6 is 11.6 Å². The quantitative estimate of drug-likeness (QED) is 0.198. The van der Waals surface area contributed by atoms with E-state index in [9.17, 15) is 19.5 Å². The molecule has 1 fully saturated rings. The first-order valence-electron chi connectivity index (χ1n) is 11.4. The summed E-state index contributed by atoms with van der Waals surface area (Å²) in [6.07, 6.45) is 0. The number of nitrogens with zero attached hydrogens (tertiary/aromatic N) is 1. The first kappa shape index (κ1) is 25.8. The Hall–Kier alpha value is -4.30. The summed E-state index contributed by atoms with van der Waals surface area (Å²) in [6.45, 7) is 1.93. The van der Waals surface area contributed by atoms with Gasteiger partial charge in [0.1, 0.15) is 17.3 Å². The average Bonchev–Trinajstić information content (AvgIpc) is 3.18. The van der Waals surface area contributed by atoms with E-state index in [1.165, 1.54) is 37.3 Å². The predicted molar refractivity (Wildman–Crippen MR) is 138 cm³/mol. The summed E-state index contributed by atoms with van der Waals surface area (Å²) < 4.78 is 15.4. The average molecular weight is 522 g/mol. The molecule has 1 aliphatic heterocycles. The summed E-state index contributed by atoms with van der Waals surface area (Å²) in [5.41, 5.74) is 1.38. The second kappa shape index (κ2) is 10.8. The van der Waals surface area contributed by atoms with Crippen molar-refractivity contribution in [2.24, 2.45) is 0 Å². The summed E-state index contributed by atoms with van der Waals surface area (Å²) in [7, 11) is 2.99. The molecule has 1 atom stereocenters. The van der Waals surface area contributed by atoms with Crippen molar-refractivity contribution in [3.63, 3.8) is 0 Å². The number of amides is 1. The molecule has 4 rings (SSSR count). The van der Waals surface area contributed by atoms with Crippen molar-refractivity contribution in [2.75, 3.05) is 25.7 Å². The van der Waals surface area contributed by atoms with Crippen LogP contribution in [0.5, 0.6) is 11.5 Å². The van der Waals surface area contributed by atoms with E-state index in [0.29, 0.717) is 28.3 Å². The fourth-order valence-electron chi connectivity index (χ4n) is 4.14. The Morgan fingerprint density at radius 2 is 1.59 bits per heavy atom. The molecule has 190 valence electrons. The lowest BCUT2D eigenvalue weighted by Crippen LogP contribution is -2.29. The summed E-state index contributed by atoms with van der Waals surface area (Å²) in [4.78, 5) is 40.0. The lowest BCUT2D eigenvalue weighted by Gasteiger charge is -2.25. The molecule has 1 heterocycles. The molecule has 0 aliphatic carbocycles. The SMILES string of the molecule is CCOC(=O)c1ccc(N2C(=O)C(=O)/C(=C(\O)c3ccc(OC)c(Cl)c3)C2c2ccc(OC)cc2)cc1. The van der Waals surface area contributed by atoms with Gasteiger partial charge in [0.25, 0.3) is 11.7 Å². The van der Waals surface area contributed by atoms with E-state index >= 15 is 0 Å². The number of anilines is 1. The molecule has 8 nitrogen and oxygen atoms in total. The number of Topliss-reactive ketones (excluding diaryl/α,β-unsaturated/α-hetero) is 1. The number of methoxy groups -OCH3 is 2. The molecule has 0 radical (unpaired) electrons. The number of carbonyl (C=O) groups is 3. The maximum absolute atomic E-state index is 13.3. The second-order valence-corrected chi connectivity index (χ2v) is 8.47. The lowest BCUT2D eigenvalue weighted by molar-refractivity contribution is -0.132. The molecule has 1 unspecified atom stereocenters. The van der Waals surface area contributed by atoms with Crippen molar-refractivity contribution < 1.29 is 33.7 Å². The van der Waals surface area contributed by atoms with Crippen molar-refractivity contribution in [3.05, 3.63) is 94.0 Å². The molecule has 1 saturated heterocycles. The van der Waals surface area contributed by atoms with E-state index in [0.717, 1.165) is 0 Å². The Morgan fingerprint density at radius 3 is 2.16 bits per heavy atom. The van der Waals surface area contributed by atoms with E-state index < -0.39 is 23.7 Å². The molecule has 0 saturated carbocycles. The van der Waals surface area contributed by atoms with Crippen LogP contribution in [0.3, 0.4) is 0 Å². The molecule has 37 heavy (non-hydrogen) atoms. The molecule has 1 amide bonds. The number of benzene rings is 3. The van der Waals surface area contributed by atoms with Gasteiger partial charge in [0, 0.05) is 11.3 Å². The zero-order valence-corrected chi connectivity index (χ0v) is 21.1. The largest absolute Gasteiger partial charge is 0.507 e. The fraction of sp³-hybridized carbons (Fsp3) is 0.179. The minimum Gasteiger partial charge on any atom is -0.507 e. The van der Waals surface area contributed by atoms with Gasteiger partial charge in [-0.1, -0.05) is 23.7 Å². The van der Waals surface area contributed by atoms with Gasteiger partial charge >= 0.3 is 5.97 Å². The number of esters is 1. The molecule has 1 N–H and O–H groups in total. The molecule has 0 aromatic heterocycles. The Labute approximate surface area is 218 Å². The minimum atomic E-state index is -0.958. The van der Waals surface area contributed by atoms with Gasteiger partial charge in [-0.2, -0.15) is 0 Å². The maximum Gasteiger partial charge on any atom is 0.338 e. The number of aliphatic hydroxyl groups is 1. The van der Waals surface area contributed by atoms with Crippen LogP contribution in [0, 0.1) is 0 Å². The standard InChI is InChI=1S/C28H24ClNO7/c1-4-37-28(34)17-5-10-19(11-6-17)30-24(16-7-12-20(35-2)13-8-16)23(26(32)27(30)33)25(31)18-9-14-22(36-3)21(29)15-18/h5-15,24,31H,4H2,1-3H3/b25-23-. The summed E-state index contributed by atoms with van der Waals surface area (Å²) in [6, 6.07) is 16.6. The highest BCUT2D eigenvalue weighted by Crippen LogP contribution is 2.43. The number of halogens is 1. The van der Waals surface area contributed by atoms with Crippen LogP contribution in [-0.2, 0) is 14.3 Å². The third kappa shape index (κ3) is 4.88. The highest BCUT2D eigenvalue weighted by Gasteiger charge is 2.47. The van der Waals surface area contributed by atoms with Crippen molar-refractivity contribution in [2.45, 2.75) is 13.0 Å². The second-order valence-electron chi connectivity index (χ2n) is 8.06. The van der Waals surface area contributed by atoms with E-state index in [2.05, 4.69) is 0 Å². The topological polar surface area (TPSA) is 102 Å². The normalized spacial score (nSPS) is 16.5. The molecule has 0 bridgehead atoms. The van der Waals surface area contributed by atoms with Gasteiger partial charge < -0.3 is 19.3 Å². The highest BCUT2D eigenvalue weighted by molar-refractivity contribution is 6.51. The number of rotatable bonds is 7. The van der Waals surface area contributed by atoms with E-state index in [1.807, 2.05) is 0 Å². The van der Waals surface area contributed by atoms with Gasteiger partial charge in [0.15, 0.2) is 0 Å². The first-order chi connectivity index (χ1) is 17.8. The Morgan fingerprint density at radius 1 is 0.946 bits per heavy atom. The third-order valence-electron chi connectivity index (χ3n) is 5.96. The molecular weight excluding hydrogens is 498 g/mol. The highest BCUT2D eigenvalue weighted by atomic mass is 35.5. The van der Waals surface area contributed by atoms with E-state index in [-0.39, 0.29) is 28.5 Å². The van der Waals surface area contributed by atoms with Crippen LogP contribution in [0.15, 0.2) is 72.3 Å². The van der Waals surface area contributed by atoms with Crippen molar-refractivity contribution in [1.82, 2.24) is 0 Å². The van der Waals surface area contributed by atoms with Gasteiger partial charge in [-0.15, -0.1) is 0 Å². The molecular formula is C28H24ClNO7. The summed E-state index contributed by atoms with van der Waals surface area (Å²) >= 11 is 6.25. The lowest BCUT2D eigenvalue weighted by atomic mass is 9.95. The molecule has 9 heteroatoms. The Kier molecular flexibility index (Phi) is 7.50. The van der Waals surface area contributed by atoms with Gasteiger partial charge in [0.05, 0.1) is 43.0 Å². The van der Waals surface area contributed by atoms with Crippen molar-refractivity contribution in [3.8, 4) is 11.5 Å². The van der Waals surface area contributed by atoms with E-state index in [4.69, 9.17) is 25.8 Å². The number of carbonyl (C=O) groups excluding carboxylic acids is 3. The van der Waals surface area contributed by atoms with Crippen LogP contribution in [0.2, 0.25) is 5.02 Å². The van der Waals surface area contributed by atoms with Crippen LogP contribution < -0.4 is 14.4 Å². The third-order valence-corrected chi connectivity index (χ3v) is 6.25. The van der Waals surface area contributed by atoms with Gasteiger partial charge in [-0.05, 0) is 67.1 Å². The molecule has 1 aliphatic rings. The minimum absolute atomic E-state index is 0.106. The van der Waals surface area contributed by atoms with Crippen LogP contribution in [0.25, 0.3) is 5.76 Å². The van der Waals surface area contributed by atoms with Gasteiger partial charge in [0.2, 0.25) is 0 Å². The number of ketones is 1. The zero-order valence-electron chi connectivity index (χ0n) is 20.4. The van der Waals surface area contributed by atoms with Crippen molar-refractivity contribution in [1.29, 1.82) is 0 Å². The Balaban J connectivity index is 1.86. The number of hydrogen-bond acceptors (Lipinski definition) is 7. The molecule has 0 spiro atoms. The van der Waals surface area contributed by atoms with Gasteiger partial charge in [-0.25, -0.2) is 4.79 Å². The summed E-state index contributed by atoms with van der Waals surface area (Å²) in [5, 5.41) is 11.5. The van der Waals surface area contributed by atoms with E-state index in [1.54, 1.807) is 55.5 Å². The fourth-order valence-corrected chi connectivity index (χ4v) is 4.40.